The molecule has 8 heteroatoms. The van der Waals surface area contributed by atoms with Crippen LogP contribution in [0, 0.1) is 6.92 Å². The third-order valence-electron chi connectivity index (χ3n) is 4.72. The molecule has 0 spiro atoms. The van der Waals surface area contributed by atoms with Gasteiger partial charge in [-0.1, -0.05) is 54.3 Å². The molecular formula is C21H17N3O3S2. The van der Waals surface area contributed by atoms with Crippen molar-refractivity contribution in [3.63, 3.8) is 0 Å². The van der Waals surface area contributed by atoms with Gasteiger partial charge in [0.2, 0.25) is 5.91 Å². The number of carbonyl (C=O) groups excluding carboxylic acids is 3. The van der Waals surface area contributed by atoms with Crippen molar-refractivity contribution in [1.29, 1.82) is 0 Å². The first-order chi connectivity index (χ1) is 13.9. The van der Waals surface area contributed by atoms with E-state index in [0.717, 1.165) is 17.3 Å². The van der Waals surface area contributed by atoms with E-state index in [1.807, 2.05) is 25.1 Å². The lowest BCUT2D eigenvalue weighted by molar-refractivity contribution is -0.121. The molecule has 4 rings (SSSR count). The van der Waals surface area contributed by atoms with Crippen molar-refractivity contribution in [1.82, 2.24) is 4.90 Å². The van der Waals surface area contributed by atoms with Crippen LogP contribution in [0.25, 0.3) is 5.57 Å². The van der Waals surface area contributed by atoms with E-state index in [9.17, 15) is 14.4 Å². The summed E-state index contributed by atoms with van der Waals surface area (Å²) in [6.07, 6.45) is 0. The van der Waals surface area contributed by atoms with Crippen LogP contribution in [0.2, 0.25) is 0 Å². The molecule has 0 saturated carbocycles. The smallest absolute Gasteiger partial charge is 0.266 e. The number of fused-ring (bicyclic) bond motifs is 1. The molecule has 29 heavy (non-hydrogen) atoms. The molecule has 0 aliphatic carbocycles. The van der Waals surface area contributed by atoms with Crippen LogP contribution in [0.4, 0.5) is 11.4 Å². The minimum atomic E-state index is -0.375. The highest BCUT2D eigenvalue weighted by atomic mass is 32.2. The molecule has 0 atom stereocenters. The molecule has 1 saturated heterocycles. The van der Waals surface area contributed by atoms with Gasteiger partial charge >= 0.3 is 0 Å². The summed E-state index contributed by atoms with van der Waals surface area (Å²) < 4.78 is 0.401. The van der Waals surface area contributed by atoms with Gasteiger partial charge in [0.1, 0.15) is 10.9 Å². The van der Waals surface area contributed by atoms with E-state index < -0.39 is 0 Å². The van der Waals surface area contributed by atoms with Crippen LogP contribution in [0.15, 0.2) is 53.4 Å². The van der Waals surface area contributed by atoms with Gasteiger partial charge in [-0.25, -0.2) is 0 Å². The molecule has 2 aromatic carbocycles. The Morgan fingerprint density at radius 3 is 2.55 bits per heavy atom. The van der Waals surface area contributed by atoms with Gasteiger partial charge in [0.05, 0.1) is 16.2 Å². The second-order valence-corrected chi connectivity index (χ2v) is 8.41. The Labute approximate surface area is 177 Å². The van der Waals surface area contributed by atoms with Crippen LogP contribution >= 0.6 is 24.0 Å². The molecule has 2 aromatic rings. The highest BCUT2D eigenvalue weighted by Crippen LogP contribution is 2.44. The van der Waals surface area contributed by atoms with Crippen molar-refractivity contribution in [2.45, 2.75) is 6.92 Å². The number of amides is 3. The number of nitrogens with one attached hydrogen (secondary N) is 1. The summed E-state index contributed by atoms with van der Waals surface area (Å²) in [6, 6.07) is 14.6. The van der Waals surface area contributed by atoms with E-state index in [0.29, 0.717) is 31.7 Å². The molecule has 1 fully saturated rings. The minimum absolute atomic E-state index is 0.153. The summed E-state index contributed by atoms with van der Waals surface area (Å²) in [5.74, 6) is -0.994. The van der Waals surface area contributed by atoms with Crippen molar-refractivity contribution in [2.24, 2.45) is 0 Å². The second kappa shape index (κ2) is 7.46. The summed E-state index contributed by atoms with van der Waals surface area (Å²) in [5, 5.41) is 2.82. The number of aryl methyl sites for hydroxylation is 1. The Balaban J connectivity index is 1.66. The van der Waals surface area contributed by atoms with E-state index in [4.69, 9.17) is 12.2 Å². The van der Waals surface area contributed by atoms with Gasteiger partial charge < -0.3 is 5.32 Å². The van der Waals surface area contributed by atoms with Gasteiger partial charge in [-0.2, -0.15) is 0 Å². The van der Waals surface area contributed by atoms with E-state index in [1.165, 1.54) is 9.80 Å². The predicted molar refractivity (Wildman–Crippen MR) is 118 cm³/mol. The summed E-state index contributed by atoms with van der Waals surface area (Å²) in [6.45, 7) is 1.78. The maximum Gasteiger partial charge on any atom is 0.266 e. The molecule has 6 nitrogen and oxygen atoms in total. The van der Waals surface area contributed by atoms with E-state index in [-0.39, 0.29) is 24.3 Å². The zero-order valence-electron chi connectivity index (χ0n) is 15.8. The number of thioether (sulfide) groups is 1. The summed E-state index contributed by atoms with van der Waals surface area (Å²) in [5.41, 5.74) is 3.23. The summed E-state index contributed by atoms with van der Waals surface area (Å²) in [7, 11) is 1.59. The van der Waals surface area contributed by atoms with E-state index in [1.54, 1.807) is 37.4 Å². The molecule has 0 aromatic heterocycles. The molecule has 0 bridgehead atoms. The number of thiocarbonyl (C=S) groups is 1. The average Bonchev–Trinajstić information content (AvgIpc) is 3.10. The number of benzene rings is 2. The fourth-order valence-corrected chi connectivity index (χ4v) is 4.57. The van der Waals surface area contributed by atoms with Gasteiger partial charge in [-0.3, -0.25) is 24.2 Å². The standard InChI is InChI=1S/C21H17N3O3S2/c1-12-6-5-7-13(10-12)22-16(25)11-24-15-9-4-3-8-14(15)17(19(24)26)18-20(27)23(2)21(28)29-18/h3-10H,11H2,1-2H3,(H,22,25)/b18-17+. The number of hydrogen-bond acceptors (Lipinski definition) is 5. The summed E-state index contributed by atoms with van der Waals surface area (Å²) in [4.78, 5) is 41.4. The monoisotopic (exact) mass is 423 g/mol. The Morgan fingerprint density at radius 1 is 1.10 bits per heavy atom. The molecule has 146 valence electrons. The van der Waals surface area contributed by atoms with Crippen molar-refractivity contribution >= 4 is 63.0 Å². The van der Waals surface area contributed by atoms with Crippen molar-refractivity contribution < 1.29 is 14.4 Å². The minimum Gasteiger partial charge on any atom is -0.325 e. The highest BCUT2D eigenvalue weighted by molar-refractivity contribution is 8.26. The van der Waals surface area contributed by atoms with Crippen LogP contribution in [0.5, 0.6) is 0 Å². The number of nitrogens with zero attached hydrogens (tertiary/aromatic N) is 2. The van der Waals surface area contributed by atoms with Crippen molar-refractivity contribution in [3.8, 4) is 0 Å². The normalized spacial score (nSPS) is 18.5. The molecule has 2 heterocycles. The predicted octanol–water partition coefficient (Wildman–Crippen LogP) is 3.18. The van der Waals surface area contributed by atoms with Gasteiger partial charge in [-0.15, -0.1) is 0 Å². The number of rotatable bonds is 3. The molecule has 2 aliphatic rings. The Bertz CT molecular complexity index is 1110. The zero-order valence-corrected chi connectivity index (χ0v) is 17.4. The Hall–Kier alpha value is -2.97. The topological polar surface area (TPSA) is 69.7 Å². The van der Waals surface area contributed by atoms with E-state index >= 15 is 0 Å². The summed E-state index contributed by atoms with van der Waals surface area (Å²) >= 11 is 6.31. The molecule has 0 unspecified atom stereocenters. The van der Waals surface area contributed by atoms with E-state index in [2.05, 4.69) is 5.32 Å². The van der Waals surface area contributed by atoms with Crippen molar-refractivity contribution in [3.05, 3.63) is 64.6 Å². The highest BCUT2D eigenvalue weighted by Gasteiger charge is 2.41. The van der Waals surface area contributed by atoms with Crippen molar-refractivity contribution in [2.75, 3.05) is 23.8 Å². The lowest BCUT2D eigenvalue weighted by atomic mass is 10.1. The number of carbonyl (C=O) groups is 3. The second-order valence-electron chi connectivity index (χ2n) is 6.76. The molecule has 3 amide bonds. The van der Waals surface area contributed by atoms with Crippen LogP contribution in [-0.4, -0.2) is 40.5 Å². The largest absolute Gasteiger partial charge is 0.325 e. The quantitative estimate of drug-likeness (QED) is 0.607. The third-order valence-corrected chi connectivity index (χ3v) is 6.27. The number of likely N-dealkylation sites (N-methyl/N-ethyl adjacent to an activating group) is 1. The lowest BCUT2D eigenvalue weighted by Crippen LogP contribution is -2.35. The van der Waals surface area contributed by atoms with Gasteiger partial charge in [0.15, 0.2) is 0 Å². The third kappa shape index (κ3) is 3.45. The Kier molecular flexibility index (Phi) is 4.97. The average molecular weight is 424 g/mol. The maximum atomic E-state index is 13.2. The van der Waals surface area contributed by atoms with Crippen LogP contribution in [-0.2, 0) is 14.4 Å². The first-order valence-electron chi connectivity index (χ1n) is 8.88. The molecule has 1 N–H and O–H groups in total. The van der Waals surface area contributed by atoms with Crippen LogP contribution in [0.1, 0.15) is 11.1 Å². The fraction of sp³-hybridized carbons (Fsp3) is 0.143. The van der Waals surface area contributed by atoms with Gasteiger partial charge in [0.25, 0.3) is 11.8 Å². The van der Waals surface area contributed by atoms with Gasteiger partial charge in [-0.05, 0) is 30.7 Å². The lowest BCUT2D eigenvalue weighted by Gasteiger charge is -2.17. The number of hydrogen-bond donors (Lipinski definition) is 1. The molecule has 0 radical (unpaired) electrons. The fourth-order valence-electron chi connectivity index (χ4n) is 3.32. The first-order valence-corrected chi connectivity index (χ1v) is 10.1. The van der Waals surface area contributed by atoms with Crippen LogP contribution in [0.3, 0.4) is 0 Å². The first kappa shape index (κ1) is 19.4. The van der Waals surface area contributed by atoms with Crippen LogP contribution < -0.4 is 10.2 Å². The maximum absolute atomic E-state index is 13.2. The number of anilines is 2. The Morgan fingerprint density at radius 2 is 1.86 bits per heavy atom. The zero-order chi connectivity index (χ0) is 20.7. The molecular weight excluding hydrogens is 406 g/mol. The SMILES string of the molecule is Cc1cccc(NC(=O)CN2C(=O)/C(=C3/SC(=S)N(C)C3=O)c3ccccc32)c1. The number of para-hydroxylation sites is 1. The van der Waals surface area contributed by atoms with Gasteiger partial charge in [0, 0.05) is 18.3 Å². The molecule has 2 aliphatic heterocycles.